The van der Waals surface area contributed by atoms with Gasteiger partial charge in [-0.2, -0.15) is 19.6 Å². The van der Waals surface area contributed by atoms with Crippen LogP contribution in [0.25, 0.3) is 5.95 Å². The molecule has 0 aromatic carbocycles. The molecule has 3 N–H and O–H groups in total. The molecule has 11 heteroatoms. The van der Waals surface area contributed by atoms with Crippen molar-refractivity contribution in [3.8, 4) is 5.95 Å². The fraction of sp³-hybridized carbons (Fsp3) is 0.538. The summed E-state index contributed by atoms with van der Waals surface area (Å²) in [6.45, 7) is 8.29. The summed E-state index contributed by atoms with van der Waals surface area (Å²) in [5, 5.41) is 7.79. The Morgan fingerprint density at radius 2 is 2.04 bits per heavy atom. The highest BCUT2D eigenvalue weighted by molar-refractivity contribution is 7.99. The highest BCUT2D eigenvalue weighted by Gasteiger charge is 2.14. The van der Waals surface area contributed by atoms with Gasteiger partial charge in [-0.05, 0) is 20.8 Å². The van der Waals surface area contributed by atoms with E-state index in [9.17, 15) is 4.79 Å². The fourth-order valence-corrected chi connectivity index (χ4v) is 2.43. The zero-order chi connectivity index (χ0) is 17.5. The molecule has 0 unspecified atom stereocenters. The van der Waals surface area contributed by atoms with Crippen LogP contribution < -0.4 is 16.0 Å². The number of primary amides is 1. The third kappa shape index (κ3) is 4.54. The Balaban J connectivity index is 2.32. The molecule has 0 spiro atoms. The van der Waals surface area contributed by atoms with Crippen LogP contribution in [0.15, 0.2) is 11.5 Å². The molecule has 0 saturated carbocycles. The van der Waals surface area contributed by atoms with Gasteiger partial charge in [0.2, 0.25) is 23.0 Å². The summed E-state index contributed by atoms with van der Waals surface area (Å²) < 4.78 is 1.46. The van der Waals surface area contributed by atoms with E-state index in [1.807, 2.05) is 25.7 Å². The number of carbonyl (C=O) groups is 1. The van der Waals surface area contributed by atoms with E-state index in [0.717, 1.165) is 24.9 Å². The number of hydrogen-bond donors (Lipinski definition) is 2. The van der Waals surface area contributed by atoms with Crippen LogP contribution in [0.3, 0.4) is 0 Å². The second kappa shape index (κ2) is 8.43. The second-order valence-electron chi connectivity index (χ2n) is 4.69. The van der Waals surface area contributed by atoms with Crippen molar-refractivity contribution in [3.63, 3.8) is 0 Å². The van der Waals surface area contributed by atoms with Crippen LogP contribution in [-0.2, 0) is 4.79 Å². The van der Waals surface area contributed by atoms with E-state index in [0.29, 0.717) is 29.5 Å². The molecule has 0 bridgehead atoms. The number of nitrogens with two attached hydrogens (primary N) is 1. The standard InChI is InChI=1S/C13H21N9OS/c1-4-15-10-17-11(21(5-2)6-3)19-12(18-10)22-8-16-13(20-22)24-7-9(14)23/h8H,4-7H2,1-3H3,(H2,14,23)(H,15,17,18,19). The lowest BCUT2D eigenvalue weighted by atomic mass is 10.5. The molecule has 0 atom stereocenters. The number of thioether (sulfide) groups is 1. The van der Waals surface area contributed by atoms with E-state index in [2.05, 4.69) is 30.4 Å². The Bertz CT molecular complexity index is 686. The quantitative estimate of drug-likeness (QED) is 0.613. The first-order valence-corrected chi connectivity index (χ1v) is 8.63. The third-order valence-electron chi connectivity index (χ3n) is 3.01. The van der Waals surface area contributed by atoms with Gasteiger partial charge in [-0.1, -0.05) is 11.8 Å². The summed E-state index contributed by atoms with van der Waals surface area (Å²) in [6.07, 6.45) is 1.50. The van der Waals surface area contributed by atoms with Crippen molar-refractivity contribution in [2.75, 3.05) is 35.6 Å². The number of anilines is 2. The maximum atomic E-state index is 10.8. The number of carbonyl (C=O) groups excluding carboxylic acids is 1. The Hall–Kier alpha value is -2.43. The lowest BCUT2D eigenvalue weighted by molar-refractivity contribution is -0.115. The van der Waals surface area contributed by atoms with Crippen molar-refractivity contribution in [2.24, 2.45) is 5.73 Å². The second-order valence-corrected chi connectivity index (χ2v) is 5.63. The van der Waals surface area contributed by atoms with E-state index in [4.69, 9.17) is 5.73 Å². The van der Waals surface area contributed by atoms with Gasteiger partial charge in [-0.3, -0.25) is 4.79 Å². The number of aromatic nitrogens is 6. The molecule has 24 heavy (non-hydrogen) atoms. The van der Waals surface area contributed by atoms with Gasteiger partial charge in [-0.15, -0.1) is 5.10 Å². The smallest absolute Gasteiger partial charge is 0.258 e. The van der Waals surface area contributed by atoms with Crippen molar-refractivity contribution < 1.29 is 4.79 Å². The summed E-state index contributed by atoms with van der Waals surface area (Å²) in [4.78, 5) is 30.2. The first kappa shape index (κ1) is 17.9. The monoisotopic (exact) mass is 351 g/mol. The molecule has 0 aliphatic rings. The van der Waals surface area contributed by atoms with Gasteiger partial charge in [0.25, 0.3) is 5.95 Å². The summed E-state index contributed by atoms with van der Waals surface area (Å²) in [7, 11) is 0. The van der Waals surface area contributed by atoms with E-state index < -0.39 is 5.91 Å². The van der Waals surface area contributed by atoms with Gasteiger partial charge in [-0.25, -0.2) is 4.98 Å². The molecule has 2 aromatic rings. The highest BCUT2D eigenvalue weighted by atomic mass is 32.2. The topological polar surface area (TPSA) is 128 Å². The van der Waals surface area contributed by atoms with Crippen LogP contribution in [0.2, 0.25) is 0 Å². The zero-order valence-corrected chi connectivity index (χ0v) is 14.7. The van der Waals surface area contributed by atoms with E-state index in [-0.39, 0.29) is 5.75 Å². The first-order chi connectivity index (χ1) is 11.6. The largest absolute Gasteiger partial charge is 0.369 e. The molecule has 10 nitrogen and oxygen atoms in total. The van der Waals surface area contributed by atoms with Gasteiger partial charge in [0.15, 0.2) is 0 Å². The summed E-state index contributed by atoms with van der Waals surface area (Å²) in [5.41, 5.74) is 5.13. The Morgan fingerprint density at radius 3 is 2.67 bits per heavy atom. The minimum Gasteiger partial charge on any atom is -0.369 e. The zero-order valence-electron chi connectivity index (χ0n) is 13.9. The van der Waals surface area contributed by atoms with Crippen LogP contribution in [0.4, 0.5) is 11.9 Å². The summed E-state index contributed by atoms with van der Waals surface area (Å²) in [6, 6.07) is 0. The molecule has 0 aliphatic heterocycles. The number of hydrogen-bond acceptors (Lipinski definition) is 9. The minimum atomic E-state index is -0.422. The van der Waals surface area contributed by atoms with Crippen LogP contribution in [0.1, 0.15) is 20.8 Å². The van der Waals surface area contributed by atoms with Gasteiger partial charge < -0.3 is 16.0 Å². The molecule has 130 valence electrons. The molecule has 0 fully saturated rings. The van der Waals surface area contributed by atoms with Crippen molar-refractivity contribution >= 4 is 29.6 Å². The fourth-order valence-electron chi connectivity index (χ4n) is 1.89. The van der Waals surface area contributed by atoms with Crippen LogP contribution in [0.5, 0.6) is 0 Å². The number of nitrogens with one attached hydrogen (secondary N) is 1. The molecular weight excluding hydrogens is 330 g/mol. The number of amides is 1. The van der Waals surface area contributed by atoms with E-state index in [1.165, 1.54) is 11.0 Å². The van der Waals surface area contributed by atoms with Crippen molar-refractivity contribution in [1.29, 1.82) is 0 Å². The van der Waals surface area contributed by atoms with Crippen LogP contribution in [-0.4, -0.2) is 61.0 Å². The molecule has 0 aliphatic carbocycles. The molecule has 2 heterocycles. The minimum absolute atomic E-state index is 0.120. The van der Waals surface area contributed by atoms with Crippen LogP contribution in [0, 0.1) is 0 Å². The van der Waals surface area contributed by atoms with Crippen molar-refractivity contribution in [3.05, 3.63) is 6.33 Å². The summed E-state index contributed by atoms with van der Waals surface area (Å²) >= 11 is 1.16. The van der Waals surface area contributed by atoms with Crippen LogP contribution >= 0.6 is 11.8 Å². The lowest BCUT2D eigenvalue weighted by Crippen LogP contribution is -2.25. The SMILES string of the molecule is CCNc1nc(N(CC)CC)nc(-n2cnc(SCC(N)=O)n2)n1. The van der Waals surface area contributed by atoms with Gasteiger partial charge >= 0.3 is 0 Å². The Kier molecular flexibility index (Phi) is 6.29. The molecule has 2 rings (SSSR count). The van der Waals surface area contributed by atoms with Crippen molar-refractivity contribution in [2.45, 2.75) is 25.9 Å². The number of nitrogens with zero attached hydrogens (tertiary/aromatic N) is 7. The molecule has 2 aromatic heterocycles. The normalized spacial score (nSPS) is 10.6. The van der Waals surface area contributed by atoms with E-state index >= 15 is 0 Å². The maximum Gasteiger partial charge on any atom is 0.258 e. The predicted octanol–water partition coefficient (Wildman–Crippen LogP) is 0.308. The third-order valence-corrected chi connectivity index (χ3v) is 3.89. The molecular formula is C13H21N9OS. The average molecular weight is 351 g/mol. The Labute approximate surface area is 144 Å². The van der Waals surface area contributed by atoms with Crippen molar-refractivity contribution in [1.82, 2.24) is 29.7 Å². The van der Waals surface area contributed by atoms with E-state index in [1.54, 1.807) is 0 Å². The molecule has 1 amide bonds. The molecule has 0 saturated heterocycles. The average Bonchev–Trinajstić information content (AvgIpc) is 3.03. The lowest BCUT2D eigenvalue weighted by Gasteiger charge is -2.19. The van der Waals surface area contributed by atoms with Gasteiger partial charge in [0.05, 0.1) is 5.75 Å². The number of rotatable bonds is 9. The first-order valence-electron chi connectivity index (χ1n) is 7.65. The predicted molar refractivity (Wildman–Crippen MR) is 92.4 cm³/mol. The maximum absolute atomic E-state index is 10.8. The summed E-state index contributed by atoms with van der Waals surface area (Å²) in [5.74, 6) is 1.11. The highest BCUT2D eigenvalue weighted by Crippen LogP contribution is 2.15. The Morgan fingerprint density at radius 1 is 1.29 bits per heavy atom. The van der Waals surface area contributed by atoms with Gasteiger partial charge in [0.1, 0.15) is 6.33 Å². The van der Waals surface area contributed by atoms with Gasteiger partial charge in [0, 0.05) is 19.6 Å². The molecule has 0 radical (unpaired) electrons.